The lowest BCUT2D eigenvalue weighted by Gasteiger charge is -2.07. The maximum absolute atomic E-state index is 2.34. The maximum Gasteiger partial charge on any atom is -0.0225 e. The van der Waals surface area contributed by atoms with E-state index in [-0.39, 0.29) is 0 Å². The highest BCUT2D eigenvalue weighted by Gasteiger charge is 2.11. The van der Waals surface area contributed by atoms with Crippen LogP contribution in [0.2, 0.25) is 0 Å². The molecule has 1 aromatic carbocycles. The molecule has 0 N–H and O–H groups in total. The summed E-state index contributed by atoms with van der Waals surface area (Å²) in [5.41, 5.74) is 4.44. The van der Waals surface area contributed by atoms with Crippen LogP contribution in [0.3, 0.4) is 0 Å². The van der Waals surface area contributed by atoms with Gasteiger partial charge in [0.1, 0.15) is 0 Å². The molecule has 13 heavy (non-hydrogen) atoms. The summed E-state index contributed by atoms with van der Waals surface area (Å²) in [4.78, 5) is 0. The molecule has 0 heteroatoms. The van der Waals surface area contributed by atoms with Crippen LogP contribution in [0, 0.1) is 5.92 Å². The number of hydrogen-bond donors (Lipinski definition) is 0. The molecule has 1 aliphatic carbocycles. The summed E-state index contributed by atoms with van der Waals surface area (Å²) < 4.78 is 0. The van der Waals surface area contributed by atoms with E-state index in [1.165, 1.54) is 29.5 Å². The van der Waals surface area contributed by atoms with E-state index in [0.29, 0.717) is 0 Å². The van der Waals surface area contributed by atoms with Gasteiger partial charge < -0.3 is 0 Å². The normalized spacial score (nSPS) is 21.7. The minimum absolute atomic E-state index is 0.743. The van der Waals surface area contributed by atoms with Crippen LogP contribution in [-0.2, 0) is 6.42 Å². The quantitative estimate of drug-likeness (QED) is 0.560. The Labute approximate surface area is 80.3 Å². The van der Waals surface area contributed by atoms with Crippen molar-refractivity contribution < 1.29 is 0 Å². The zero-order valence-electron chi connectivity index (χ0n) is 8.38. The summed E-state index contributed by atoms with van der Waals surface area (Å²) in [7, 11) is 0. The third kappa shape index (κ3) is 1.67. The zero-order valence-corrected chi connectivity index (χ0v) is 8.38. The van der Waals surface area contributed by atoms with E-state index in [9.17, 15) is 0 Å². The summed E-state index contributed by atoms with van der Waals surface area (Å²) in [6.07, 6.45) is 4.86. The molecule has 68 valence electrons. The number of fused-ring (bicyclic) bond motifs is 1. The molecule has 0 nitrogen and oxygen atoms in total. The maximum atomic E-state index is 2.34. The highest BCUT2D eigenvalue weighted by molar-refractivity contribution is 5.57. The number of rotatable bonds is 0. The first-order valence-corrected chi connectivity index (χ1v) is 5.03. The minimum atomic E-state index is 0.743. The van der Waals surface area contributed by atoms with Crippen LogP contribution in [0.25, 0.3) is 6.08 Å². The monoisotopic (exact) mass is 172 g/mol. The summed E-state index contributed by atoms with van der Waals surface area (Å²) in [5.74, 6) is 0.743. The Morgan fingerprint density at radius 2 is 2.00 bits per heavy atom. The standard InChI is InChI=1S/C13H16/c1-10-7-8-12-5-3-4-6-13(12)9-11(10)2/h3-6,9-10H,7-8H2,1-2H3. The van der Waals surface area contributed by atoms with Gasteiger partial charge in [-0.05, 0) is 36.8 Å². The van der Waals surface area contributed by atoms with Crippen LogP contribution in [0.1, 0.15) is 31.4 Å². The van der Waals surface area contributed by atoms with Gasteiger partial charge in [-0.2, -0.15) is 0 Å². The molecular formula is C13H16. The molecule has 1 aliphatic rings. The Bertz CT molecular complexity index is 334. The Balaban J connectivity index is 2.45. The van der Waals surface area contributed by atoms with Crippen LogP contribution < -0.4 is 0 Å². The highest BCUT2D eigenvalue weighted by Crippen LogP contribution is 2.26. The third-order valence-electron chi connectivity index (χ3n) is 3.06. The molecule has 1 aromatic rings. The van der Waals surface area contributed by atoms with Crippen molar-refractivity contribution in [1.29, 1.82) is 0 Å². The van der Waals surface area contributed by atoms with Gasteiger partial charge in [0.25, 0.3) is 0 Å². The largest absolute Gasteiger partial charge is 0.0699 e. The molecule has 0 saturated heterocycles. The van der Waals surface area contributed by atoms with Crippen molar-refractivity contribution in [2.45, 2.75) is 26.7 Å². The fraction of sp³-hybridized carbons (Fsp3) is 0.385. The lowest BCUT2D eigenvalue weighted by atomic mass is 9.98. The second-order valence-corrected chi connectivity index (χ2v) is 4.03. The zero-order chi connectivity index (χ0) is 9.26. The number of allylic oxidation sites excluding steroid dienone is 1. The van der Waals surface area contributed by atoms with Crippen molar-refractivity contribution in [2.75, 3.05) is 0 Å². The van der Waals surface area contributed by atoms with E-state index in [4.69, 9.17) is 0 Å². The second-order valence-electron chi connectivity index (χ2n) is 4.03. The van der Waals surface area contributed by atoms with E-state index in [1.54, 1.807) is 0 Å². The minimum Gasteiger partial charge on any atom is -0.0699 e. The predicted molar refractivity (Wildman–Crippen MR) is 57.6 cm³/mol. The number of aryl methyl sites for hydroxylation is 1. The van der Waals surface area contributed by atoms with Gasteiger partial charge in [0, 0.05) is 0 Å². The Kier molecular flexibility index (Phi) is 2.22. The molecule has 2 rings (SSSR count). The van der Waals surface area contributed by atoms with Crippen molar-refractivity contribution in [2.24, 2.45) is 5.92 Å². The van der Waals surface area contributed by atoms with Crippen molar-refractivity contribution in [3.63, 3.8) is 0 Å². The molecule has 1 unspecified atom stereocenters. The Hall–Kier alpha value is -1.04. The molecule has 0 fully saturated rings. The van der Waals surface area contributed by atoms with Gasteiger partial charge in [-0.1, -0.05) is 42.8 Å². The Morgan fingerprint density at radius 1 is 1.23 bits per heavy atom. The molecular weight excluding hydrogens is 156 g/mol. The topological polar surface area (TPSA) is 0 Å². The lowest BCUT2D eigenvalue weighted by Crippen LogP contribution is -1.95. The van der Waals surface area contributed by atoms with Gasteiger partial charge in [-0.3, -0.25) is 0 Å². The van der Waals surface area contributed by atoms with Crippen LogP contribution in [0.5, 0.6) is 0 Å². The van der Waals surface area contributed by atoms with Crippen molar-refractivity contribution in [3.8, 4) is 0 Å². The average molecular weight is 172 g/mol. The Morgan fingerprint density at radius 3 is 2.85 bits per heavy atom. The molecule has 0 heterocycles. The first kappa shape index (κ1) is 8.55. The van der Waals surface area contributed by atoms with Gasteiger partial charge >= 0.3 is 0 Å². The van der Waals surface area contributed by atoms with Gasteiger partial charge in [0.15, 0.2) is 0 Å². The van der Waals surface area contributed by atoms with E-state index < -0.39 is 0 Å². The van der Waals surface area contributed by atoms with Gasteiger partial charge in [-0.25, -0.2) is 0 Å². The first-order chi connectivity index (χ1) is 6.27. The summed E-state index contributed by atoms with van der Waals surface area (Å²) in [5, 5.41) is 0. The SMILES string of the molecule is CC1=Cc2ccccc2CCC1C. The molecule has 0 aliphatic heterocycles. The fourth-order valence-corrected chi connectivity index (χ4v) is 1.89. The van der Waals surface area contributed by atoms with Crippen LogP contribution in [-0.4, -0.2) is 0 Å². The fourth-order valence-electron chi connectivity index (χ4n) is 1.89. The molecule has 0 saturated carbocycles. The predicted octanol–water partition coefficient (Wildman–Crippen LogP) is 3.67. The number of benzene rings is 1. The molecule has 0 radical (unpaired) electrons. The first-order valence-electron chi connectivity index (χ1n) is 5.03. The molecule has 0 amide bonds. The van der Waals surface area contributed by atoms with E-state index >= 15 is 0 Å². The van der Waals surface area contributed by atoms with Crippen LogP contribution >= 0.6 is 0 Å². The van der Waals surface area contributed by atoms with Crippen LogP contribution in [0.15, 0.2) is 29.8 Å². The van der Waals surface area contributed by atoms with Gasteiger partial charge in [0.2, 0.25) is 0 Å². The molecule has 0 bridgehead atoms. The van der Waals surface area contributed by atoms with Gasteiger partial charge in [0.05, 0.1) is 0 Å². The second kappa shape index (κ2) is 3.37. The summed E-state index contributed by atoms with van der Waals surface area (Å²) >= 11 is 0. The summed E-state index contributed by atoms with van der Waals surface area (Å²) in [6, 6.07) is 8.73. The van der Waals surface area contributed by atoms with E-state index in [0.717, 1.165) is 5.92 Å². The smallest absolute Gasteiger partial charge is 0.0225 e. The molecule has 0 spiro atoms. The van der Waals surface area contributed by atoms with Crippen LogP contribution in [0.4, 0.5) is 0 Å². The third-order valence-corrected chi connectivity index (χ3v) is 3.06. The van der Waals surface area contributed by atoms with Crippen molar-refractivity contribution in [3.05, 3.63) is 41.0 Å². The lowest BCUT2D eigenvalue weighted by molar-refractivity contribution is 0.622. The van der Waals surface area contributed by atoms with Crippen molar-refractivity contribution >= 4 is 6.08 Å². The van der Waals surface area contributed by atoms with E-state index in [2.05, 4.69) is 44.2 Å². The average Bonchev–Trinajstić information content (AvgIpc) is 2.28. The highest BCUT2D eigenvalue weighted by atomic mass is 14.2. The summed E-state index contributed by atoms with van der Waals surface area (Å²) in [6.45, 7) is 4.56. The molecule has 1 atom stereocenters. The van der Waals surface area contributed by atoms with Crippen molar-refractivity contribution in [1.82, 2.24) is 0 Å². The van der Waals surface area contributed by atoms with Gasteiger partial charge in [-0.15, -0.1) is 0 Å². The van der Waals surface area contributed by atoms with E-state index in [1.807, 2.05) is 0 Å². The number of hydrogen-bond acceptors (Lipinski definition) is 0. The molecule has 0 aromatic heterocycles.